The van der Waals surface area contributed by atoms with Crippen LogP contribution in [0.5, 0.6) is 5.75 Å². The van der Waals surface area contributed by atoms with Crippen molar-refractivity contribution in [3.63, 3.8) is 0 Å². The topological polar surface area (TPSA) is 176 Å². The van der Waals surface area contributed by atoms with E-state index < -0.39 is 47.9 Å². The molecule has 1 aliphatic rings. The van der Waals surface area contributed by atoms with Crippen molar-refractivity contribution in [2.45, 2.75) is 117 Å². The number of aromatic hydroxyl groups is 1. The molecule has 1 aromatic heterocycles. The molecule has 0 spiro atoms. The number of likely N-dealkylation sites (tertiary alicyclic amines) is 1. The number of likely N-dealkylation sites (N-methyl/N-ethyl adjacent to an activating group) is 1. The van der Waals surface area contributed by atoms with E-state index in [-0.39, 0.29) is 73.4 Å². The Hall–Kier alpha value is -3.88. The van der Waals surface area contributed by atoms with E-state index in [1.807, 2.05) is 34.7 Å². The molecule has 2 heterocycles. The fraction of sp³-hybridized carbons (Fsp3) is 0.659. The maximum atomic E-state index is 14.7. The van der Waals surface area contributed by atoms with Crippen LogP contribution in [0.25, 0.3) is 0 Å². The third kappa shape index (κ3) is 13.7. The van der Waals surface area contributed by atoms with Gasteiger partial charge in [0.2, 0.25) is 5.91 Å². The molecule has 1 aliphatic heterocycles. The second-order valence-corrected chi connectivity index (χ2v) is 16.3. The summed E-state index contributed by atoms with van der Waals surface area (Å²) in [6.45, 7) is 12.3. The normalized spacial score (nSPS) is 18.1. The first-order valence-corrected chi connectivity index (χ1v) is 20.4. The minimum absolute atomic E-state index is 0.0520. The Morgan fingerprint density at radius 1 is 1.07 bits per heavy atom. The monoisotopic (exact) mass is 786 g/mol. The lowest BCUT2D eigenvalue weighted by Crippen LogP contribution is -2.50. The number of carboxylic acids is 1. The third-order valence-electron chi connectivity index (χ3n) is 10.8. The lowest BCUT2D eigenvalue weighted by atomic mass is 9.82. The average Bonchev–Trinajstić information content (AvgIpc) is 3.64. The summed E-state index contributed by atoms with van der Waals surface area (Å²) in [5, 5.41) is 24.2. The van der Waals surface area contributed by atoms with E-state index in [2.05, 4.69) is 15.2 Å². The van der Waals surface area contributed by atoms with Crippen molar-refractivity contribution in [3.05, 3.63) is 45.9 Å². The quantitative estimate of drug-likeness (QED) is 0.121. The standard InChI is InChI=1S/C41H62N4O9S/c1-9-26(4)32(22-36(48)34-12-10-11-17-44(34)7)40(50)45(18-19-53-8)35(25(2)3)23-37(54-28(6)46)39-43-33(24-55-39)38(49)42-30(20-27(5)41(51)52)21-29-13-15-31(47)16-14-29/h13-16,24-27,30,32,34-35,37,47H,9-12,17-23H2,1-8H3,(H,42,49)(H,51,52)/t26?,27-,30+,32?,34?,35+,37+/m0/s1. The van der Waals surface area contributed by atoms with Crippen molar-refractivity contribution in [1.29, 1.82) is 0 Å². The van der Waals surface area contributed by atoms with E-state index >= 15 is 0 Å². The lowest BCUT2D eigenvalue weighted by molar-refractivity contribution is -0.150. The molecule has 0 aliphatic carbocycles. The van der Waals surface area contributed by atoms with Crippen LogP contribution in [0.4, 0.5) is 0 Å². The number of benzene rings is 1. The number of methoxy groups -OCH3 is 1. The number of phenolic OH excluding ortho intramolecular Hbond substituents is 1. The molecule has 14 heteroatoms. The van der Waals surface area contributed by atoms with Crippen molar-refractivity contribution >= 4 is 40.9 Å². The van der Waals surface area contributed by atoms with Gasteiger partial charge in [0.1, 0.15) is 16.5 Å². The Morgan fingerprint density at radius 3 is 2.35 bits per heavy atom. The van der Waals surface area contributed by atoms with Crippen LogP contribution >= 0.6 is 11.3 Å². The first kappa shape index (κ1) is 45.5. The highest BCUT2D eigenvalue weighted by Crippen LogP contribution is 2.33. The minimum atomic E-state index is -0.984. The van der Waals surface area contributed by atoms with Gasteiger partial charge in [-0.2, -0.15) is 0 Å². The number of nitrogens with zero attached hydrogens (tertiary/aromatic N) is 3. The van der Waals surface area contributed by atoms with Crippen molar-refractivity contribution in [2.24, 2.45) is 23.7 Å². The number of carbonyl (C=O) groups excluding carboxylic acids is 4. The van der Waals surface area contributed by atoms with E-state index in [9.17, 15) is 34.2 Å². The number of carbonyl (C=O) groups is 5. The number of aromatic nitrogens is 1. The first-order chi connectivity index (χ1) is 26.1. The van der Waals surface area contributed by atoms with Crippen LogP contribution in [-0.4, -0.2) is 107 Å². The molecule has 3 unspecified atom stereocenters. The van der Waals surface area contributed by atoms with Gasteiger partial charge >= 0.3 is 11.9 Å². The molecule has 1 fully saturated rings. The predicted molar refractivity (Wildman–Crippen MR) is 211 cm³/mol. The van der Waals surface area contributed by atoms with Gasteiger partial charge in [0, 0.05) is 56.8 Å². The Morgan fingerprint density at radius 2 is 1.76 bits per heavy atom. The van der Waals surface area contributed by atoms with Crippen LogP contribution in [-0.2, 0) is 35.1 Å². The fourth-order valence-electron chi connectivity index (χ4n) is 7.31. The smallest absolute Gasteiger partial charge is 0.306 e. The van der Waals surface area contributed by atoms with Crippen LogP contribution in [0.3, 0.4) is 0 Å². The maximum absolute atomic E-state index is 14.7. The average molecular weight is 787 g/mol. The summed E-state index contributed by atoms with van der Waals surface area (Å²) in [5.41, 5.74) is 0.899. The van der Waals surface area contributed by atoms with Gasteiger partial charge in [0.25, 0.3) is 5.91 Å². The van der Waals surface area contributed by atoms with Gasteiger partial charge in [0.15, 0.2) is 11.9 Å². The number of phenols is 1. The molecule has 0 radical (unpaired) electrons. The molecule has 0 bridgehead atoms. The van der Waals surface area contributed by atoms with Gasteiger partial charge < -0.3 is 29.9 Å². The summed E-state index contributed by atoms with van der Waals surface area (Å²) >= 11 is 1.16. The molecule has 55 heavy (non-hydrogen) atoms. The molecular formula is C41H62N4O9S. The summed E-state index contributed by atoms with van der Waals surface area (Å²) in [6, 6.07) is 5.32. The van der Waals surface area contributed by atoms with Crippen molar-refractivity contribution in [1.82, 2.24) is 20.1 Å². The number of ketones is 1. The Labute approximate surface area is 330 Å². The molecule has 306 valence electrons. The van der Waals surface area contributed by atoms with Crippen LogP contribution in [0.1, 0.15) is 114 Å². The SMILES string of the molecule is CCC(C)C(CC(=O)C1CCCCN1C)C(=O)N(CCOC)[C@H](C[C@@H](OC(C)=O)c1nc(C(=O)N[C@@H](Cc2ccc(O)cc2)C[C@H](C)C(=O)O)cs1)C(C)C. The summed E-state index contributed by atoms with van der Waals surface area (Å²) in [4.78, 5) is 74.7. The molecule has 2 aromatic rings. The number of ether oxygens (including phenoxy) is 2. The van der Waals surface area contributed by atoms with Gasteiger partial charge in [-0.1, -0.05) is 59.6 Å². The summed E-state index contributed by atoms with van der Waals surface area (Å²) in [5.74, 6) is -3.39. The number of hydrogen-bond donors (Lipinski definition) is 3. The number of carboxylic acid groups (broad SMARTS) is 1. The number of Topliss-reactive ketones (excluding diaryl/α,β-unsaturated/α-hetero) is 1. The summed E-state index contributed by atoms with van der Waals surface area (Å²) < 4.78 is 11.3. The van der Waals surface area contributed by atoms with Crippen LogP contribution < -0.4 is 5.32 Å². The third-order valence-corrected chi connectivity index (χ3v) is 11.7. The highest BCUT2D eigenvalue weighted by molar-refractivity contribution is 7.09. The molecule has 1 aromatic carbocycles. The van der Waals surface area contributed by atoms with Crippen molar-refractivity contribution < 1.29 is 43.7 Å². The number of hydrogen-bond acceptors (Lipinski definition) is 11. The van der Waals surface area contributed by atoms with Gasteiger partial charge in [-0.3, -0.25) is 28.9 Å². The van der Waals surface area contributed by atoms with Crippen LogP contribution in [0.15, 0.2) is 29.6 Å². The van der Waals surface area contributed by atoms with Gasteiger partial charge in [0.05, 0.1) is 18.6 Å². The van der Waals surface area contributed by atoms with E-state index in [0.717, 1.165) is 49.1 Å². The largest absolute Gasteiger partial charge is 0.508 e. The molecule has 7 atom stereocenters. The Kier molecular flexibility index (Phi) is 18.2. The number of piperidine rings is 1. The van der Waals surface area contributed by atoms with Crippen LogP contribution in [0.2, 0.25) is 0 Å². The second kappa shape index (κ2) is 22.0. The highest BCUT2D eigenvalue weighted by atomic mass is 32.1. The van der Waals surface area contributed by atoms with Gasteiger partial charge in [-0.25, -0.2) is 4.98 Å². The van der Waals surface area contributed by atoms with E-state index in [1.165, 1.54) is 19.1 Å². The van der Waals surface area contributed by atoms with Crippen molar-refractivity contribution in [3.8, 4) is 5.75 Å². The zero-order valence-corrected chi connectivity index (χ0v) is 34.6. The van der Waals surface area contributed by atoms with Crippen molar-refractivity contribution in [2.75, 3.05) is 33.9 Å². The molecule has 13 nitrogen and oxygen atoms in total. The number of aliphatic carboxylic acids is 1. The molecule has 3 rings (SSSR count). The predicted octanol–water partition coefficient (Wildman–Crippen LogP) is 5.90. The highest BCUT2D eigenvalue weighted by Gasteiger charge is 2.39. The number of amides is 2. The molecule has 1 saturated heterocycles. The van der Waals surface area contributed by atoms with E-state index in [4.69, 9.17) is 9.47 Å². The van der Waals surface area contributed by atoms with E-state index in [1.54, 1.807) is 36.4 Å². The number of rotatable bonds is 22. The molecular weight excluding hydrogens is 725 g/mol. The van der Waals surface area contributed by atoms with Gasteiger partial charge in [-0.15, -0.1) is 11.3 Å². The molecule has 2 amide bonds. The number of thiazole rings is 1. The summed E-state index contributed by atoms with van der Waals surface area (Å²) in [7, 11) is 3.55. The summed E-state index contributed by atoms with van der Waals surface area (Å²) in [6.07, 6.45) is 3.51. The molecule has 3 N–H and O–H groups in total. The Balaban J connectivity index is 1.90. The maximum Gasteiger partial charge on any atom is 0.306 e. The number of esters is 1. The first-order valence-electron chi connectivity index (χ1n) is 19.5. The second-order valence-electron chi connectivity index (χ2n) is 15.4. The van der Waals surface area contributed by atoms with Crippen LogP contribution in [0, 0.1) is 23.7 Å². The number of nitrogens with one attached hydrogen (secondary N) is 1. The lowest BCUT2D eigenvalue weighted by Gasteiger charge is -2.39. The van der Waals surface area contributed by atoms with Gasteiger partial charge in [-0.05, 0) is 68.8 Å². The zero-order chi connectivity index (χ0) is 40.8. The Bertz CT molecular complexity index is 1560. The fourth-order valence-corrected chi connectivity index (χ4v) is 8.15. The molecule has 0 saturated carbocycles. The zero-order valence-electron chi connectivity index (χ0n) is 33.8. The minimum Gasteiger partial charge on any atom is -0.508 e. The van der Waals surface area contributed by atoms with E-state index in [0.29, 0.717) is 11.4 Å².